The summed E-state index contributed by atoms with van der Waals surface area (Å²) < 4.78 is 16.0. The highest BCUT2D eigenvalue weighted by atomic mass is 16.5. The normalized spacial score (nSPS) is 16.9. The van der Waals surface area contributed by atoms with Crippen molar-refractivity contribution in [3.63, 3.8) is 0 Å². The Morgan fingerprint density at radius 2 is 2.11 bits per heavy atom. The fourth-order valence-corrected chi connectivity index (χ4v) is 2.74. The minimum atomic E-state index is -0.941. The number of hydrogen-bond donors (Lipinski definition) is 1. The first kappa shape index (κ1) is 18.8. The zero-order chi connectivity index (χ0) is 19.2. The van der Waals surface area contributed by atoms with Gasteiger partial charge in [0, 0.05) is 25.1 Å². The summed E-state index contributed by atoms with van der Waals surface area (Å²) >= 11 is 0. The highest BCUT2D eigenvalue weighted by molar-refractivity contribution is 5.94. The molecule has 1 aromatic heterocycles. The Morgan fingerprint density at radius 1 is 1.33 bits per heavy atom. The van der Waals surface area contributed by atoms with Crippen molar-refractivity contribution in [2.75, 3.05) is 19.7 Å². The van der Waals surface area contributed by atoms with Crippen LogP contribution in [0.25, 0.3) is 0 Å². The van der Waals surface area contributed by atoms with Crippen LogP contribution in [0.3, 0.4) is 0 Å². The molecule has 1 fully saturated rings. The number of nitrogens with zero attached hydrogens (tertiary/aromatic N) is 3. The first-order valence-electron chi connectivity index (χ1n) is 8.72. The molecule has 1 amide bonds. The minimum Gasteiger partial charge on any atom is -0.485 e. The predicted molar refractivity (Wildman–Crippen MR) is 92.3 cm³/mol. The third-order valence-electron chi connectivity index (χ3n) is 4.11. The summed E-state index contributed by atoms with van der Waals surface area (Å²) in [6.07, 6.45) is 0.0659. The highest BCUT2D eigenvalue weighted by Gasteiger charge is 2.26. The van der Waals surface area contributed by atoms with Crippen LogP contribution in [0.15, 0.2) is 28.8 Å². The third-order valence-corrected chi connectivity index (χ3v) is 4.11. The number of morpholine rings is 1. The molecule has 9 nitrogen and oxygen atoms in total. The van der Waals surface area contributed by atoms with Gasteiger partial charge in [0.05, 0.1) is 19.1 Å². The van der Waals surface area contributed by atoms with Gasteiger partial charge >= 0.3 is 5.97 Å². The Labute approximate surface area is 155 Å². The van der Waals surface area contributed by atoms with E-state index in [-0.39, 0.29) is 25.5 Å². The van der Waals surface area contributed by atoms with Crippen molar-refractivity contribution in [2.24, 2.45) is 0 Å². The lowest BCUT2D eigenvalue weighted by Crippen LogP contribution is -2.46. The fourth-order valence-electron chi connectivity index (χ4n) is 2.74. The second-order valence-corrected chi connectivity index (χ2v) is 6.11. The van der Waals surface area contributed by atoms with E-state index >= 15 is 0 Å². The van der Waals surface area contributed by atoms with Crippen molar-refractivity contribution in [1.82, 2.24) is 15.0 Å². The van der Waals surface area contributed by atoms with E-state index < -0.39 is 12.1 Å². The zero-order valence-electron chi connectivity index (χ0n) is 15.0. The largest absolute Gasteiger partial charge is 0.485 e. The number of rotatable bonds is 7. The first-order valence-corrected chi connectivity index (χ1v) is 8.72. The van der Waals surface area contributed by atoms with Crippen LogP contribution in [0.5, 0.6) is 5.75 Å². The van der Waals surface area contributed by atoms with Crippen LogP contribution in [-0.2, 0) is 22.6 Å². The summed E-state index contributed by atoms with van der Waals surface area (Å²) in [7, 11) is 0. The van der Waals surface area contributed by atoms with E-state index in [0.717, 1.165) is 0 Å². The van der Waals surface area contributed by atoms with Crippen LogP contribution in [0.2, 0.25) is 0 Å². The van der Waals surface area contributed by atoms with E-state index in [1.165, 1.54) is 0 Å². The first-order chi connectivity index (χ1) is 13.0. The number of ether oxygens (including phenoxy) is 2. The van der Waals surface area contributed by atoms with Crippen LogP contribution >= 0.6 is 0 Å². The maximum atomic E-state index is 12.6. The zero-order valence-corrected chi connectivity index (χ0v) is 15.0. The van der Waals surface area contributed by atoms with E-state index in [1.54, 1.807) is 29.2 Å². The number of aromatic nitrogens is 2. The smallest absolute Gasteiger partial charge is 0.306 e. The van der Waals surface area contributed by atoms with Crippen molar-refractivity contribution in [1.29, 1.82) is 0 Å². The highest BCUT2D eigenvalue weighted by Crippen LogP contribution is 2.17. The van der Waals surface area contributed by atoms with Gasteiger partial charge in [0.1, 0.15) is 5.75 Å². The van der Waals surface area contributed by atoms with Gasteiger partial charge in [-0.1, -0.05) is 12.1 Å². The molecule has 0 radical (unpaired) electrons. The molecule has 144 valence electrons. The monoisotopic (exact) mass is 375 g/mol. The van der Waals surface area contributed by atoms with Gasteiger partial charge in [-0.2, -0.15) is 4.98 Å². The molecule has 2 heterocycles. The van der Waals surface area contributed by atoms with Gasteiger partial charge in [-0.3, -0.25) is 9.59 Å². The number of carbonyl (C=O) groups excluding carboxylic acids is 1. The maximum Gasteiger partial charge on any atom is 0.306 e. The third kappa shape index (κ3) is 5.04. The summed E-state index contributed by atoms with van der Waals surface area (Å²) in [5.41, 5.74) is 0.506. The van der Waals surface area contributed by atoms with Gasteiger partial charge in [-0.15, -0.1) is 0 Å². The van der Waals surface area contributed by atoms with Crippen molar-refractivity contribution < 1.29 is 28.7 Å². The second kappa shape index (κ2) is 8.63. The Morgan fingerprint density at radius 3 is 2.78 bits per heavy atom. The Hall–Kier alpha value is -2.94. The van der Waals surface area contributed by atoms with Gasteiger partial charge in [-0.25, -0.2) is 0 Å². The average Bonchev–Trinajstić information content (AvgIpc) is 3.14. The summed E-state index contributed by atoms with van der Waals surface area (Å²) in [5, 5.41) is 12.7. The quantitative estimate of drug-likeness (QED) is 0.775. The Kier molecular flexibility index (Phi) is 6.02. The molecule has 1 aromatic carbocycles. The molecule has 0 spiro atoms. The molecule has 1 N–H and O–H groups in total. The molecule has 1 unspecified atom stereocenters. The average molecular weight is 375 g/mol. The summed E-state index contributed by atoms with van der Waals surface area (Å²) in [6, 6.07) is 6.74. The topological polar surface area (TPSA) is 115 Å². The molecule has 3 rings (SSSR count). The van der Waals surface area contributed by atoms with Gasteiger partial charge in [0.25, 0.3) is 5.91 Å². The molecular weight excluding hydrogens is 354 g/mol. The predicted octanol–water partition coefficient (Wildman–Crippen LogP) is 1.53. The molecule has 1 aliphatic rings. The summed E-state index contributed by atoms with van der Waals surface area (Å²) in [5.74, 6) is 0.501. The summed E-state index contributed by atoms with van der Waals surface area (Å²) in [6.45, 7) is 3.13. The number of aryl methyl sites for hydroxylation is 1. The van der Waals surface area contributed by atoms with Crippen molar-refractivity contribution in [3.05, 3.63) is 41.5 Å². The lowest BCUT2D eigenvalue weighted by Gasteiger charge is -2.32. The van der Waals surface area contributed by atoms with Crippen molar-refractivity contribution in [3.8, 4) is 5.75 Å². The lowest BCUT2D eigenvalue weighted by atomic mass is 10.1. The Bertz CT molecular complexity index is 789. The van der Waals surface area contributed by atoms with Crippen LogP contribution in [0, 0.1) is 0 Å². The van der Waals surface area contributed by atoms with E-state index in [9.17, 15) is 9.59 Å². The number of benzene rings is 1. The van der Waals surface area contributed by atoms with Gasteiger partial charge < -0.3 is 24.0 Å². The molecule has 2 aromatic rings. The van der Waals surface area contributed by atoms with E-state index in [4.69, 9.17) is 19.1 Å². The maximum absolute atomic E-state index is 12.6. The molecule has 9 heteroatoms. The van der Waals surface area contributed by atoms with Crippen LogP contribution < -0.4 is 4.74 Å². The molecule has 0 saturated carbocycles. The number of hydrogen-bond acceptors (Lipinski definition) is 7. The van der Waals surface area contributed by atoms with Crippen LogP contribution in [0.1, 0.15) is 35.4 Å². The molecule has 1 saturated heterocycles. The number of aliphatic carboxylic acids is 1. The molecule has 1 atom stereocenters. The molecular formula is C18H21N3O6. The fraction of sp³-hybridized carbons (Fsp3) is 0.444. The number of carboxylic acid groups (broad SMARTS) is 1. The van der Waals surface area contributed by atoms with Crippen molar-refractivity contribution >= 4 is 11.9 Å². The summed E-state index contributed by atoms with van der Waals surface area (Å²) in [4.78, 5) is 29.2. The van der Waals surface area contributed by atoms with Gasteiger partial charge in [-0.05, 0) is 24.3 Å². The van der Waals surface area contributed by atoms with Crippen LogP contribution in [-0.4, -0.2) is 57.8 Å². The van der Waals surface area contributed by atoms with E-state index in [2.05, 4.69) is 10.1 Å². The second-order valence-electron chi connectivity index (χ2n) is 6.11. The van der Waals surface area contributed by atoms with Crippen molar-refractivity contribution in [2.45, 2.75) is 32.5 Å². The van der Waals surface area contributed by atoms with Gasteiger partial charge in [0.15, 0.2) is 6.61 Å². The lowest BCUT2D eigenvalue weighted by molar-refractivity contribution is -0.141. The molecule has 1 aliphatic heterocycles. The SMILES string of the molecule is CCc1nc(COc2ccc(C(=O)N3CCOC(CC(=O)O)C3)cc2)no1. The number of amides is 1. The molecule has 0 aliphatic carbocycles. The number of carboxylic acids is 1. The minimum absolute atomic E-state index is 0.119. The molecule has 27 heavy (non-hydrogen) atoms. The standard InChI is InChI=1S/C18H21N3O6/c1-2-16-19-15(20-27-16)11-26-13-5-3-12(4-6-13)18(24)21-7-8-25-14(10-21)9-17(22)23/h3-6,14H,2,7-11H2,1H3,(H,22,23). The van der Waals surface area contributed by atoms with E-state index in [0.29, 0.717) is 42.6 Å². The Balaban J connectivity index is 1.55. The van der Waals surface area contributed by atoms with Crippen LogP contribution in [0.4, 0.5) is 0 Å². The molecule has 0 bridgehead atoms. The van der Waals surface area contributed by atoms with Gasteiger partial charge in [0.2, 0.25) is 11.7 Å². The number of carbonyl (C=O) groups is 2. The van der Waals surface area contributed by atoms with E-state index in [1.807, 2.05) is 6.92 Å².